The number of nitrogens with one attached hydrogen (secondary N) is 1. The summed E-state index contributed by atoms with van der Waals surface area (Å²) in [5.41, 5.74) is 0.898. The fourth-order valence-corrected chi connectivity index (χ4v) is 3.39. The SMILES string of the molecule is Cc1cc(NC2CC(N(CC(=O)O)CC3CC3)C2)n2ncnc2n1. The Morgan fingerprint density at radius 2 is 2.25 bits per heavy atom. The van der Waals surface area contributed by atoms with Gasteiger partial charge in [0, 0.05) is 30.4 Å². The van der Waals surface area contributed by atoms with E-state index in [0.29, 0.717) is 23.8 Å². The number of carbonyl (C=O) groups is 1. The molecule has 2 heterocycles. The lowest BCUT2D eigenvalue weighted by Gasteiger charge is -2.43. The second kappa shape index (κ2) is 6.01. The highest BCUT2D eigenvalue weighted by Crippen LogP contribution is 2.34. The van der Waals surface area contributed by atoms with E-state index >= 15 is 0 Å². The maximum absolute atomic E-state index is 11.1. The van der Waals surface area contributed by atoms with Crippen molar-refractivity contribution < 1.29 is 9.90 Å². The van der Waals surface area contributed by atoms with E-state index in [1.165, 1.54) is 19.2 Å². The molecule has 0 radical (unpaired) electrons. The lowest BCUT2D eigenvalue weighted by Crippen LogP contribution is -2.52. The fourth-order valence-electron chi connectivity index (χ4n) is 3.39. The Labute approximate surface area is 139 Å². The highest BCUT2D eigenvalue weighted by molar-refractivity contribution is 5.69. The summed E-state index contributed by atoms with van der Waals surface area (Å²) in [6.07, 6.45) is 5.89. The van der Waals surface area contributed by atoms with Crippen molar-refractivity contribution in [1.29, 1.82) is 0 Å². The van der Waals surface area contributed by atoms with Crippen molar-refractivity contribution in [2.24, 2.45) is 5.92 Å². The van der Waals surface area contributed by atoms with Crippen molar-refractivity contribution in [3.63, 3.8) is 0 Å². The van der Waals surface area contributed by atoms with Crippen LogP contribution in [0.4, 0.5) is 5.82 Å². The summed E-state index contributed by atoms with van der Waals surface area (Å²) in [4.78, 5) is 21.7. The predicted octanol–water partition coefficient (Wildman–Crippen LogP) is 1.17. The van der Waals surface area contributed by atoms with Gasteiger partial charge in [0.15, 0.2) is 0 Å². The average molecular weight is 330 g/mol. The number of rotatable bonds is 7. The number of hydrogen-bond acceptors (Lipinski definition) is 6. The monoisotopic (exact) mass is 330 g/mol. The van der Waals surface area contributed by atoms with Crippen LogP contribution in [0, 0.1) is 12.8 Å². The molecule has 24 heavy (non-hydrogen) atoms. The van der Waals surface area contributed by atoms with Crippen LogP contribution < -0.4 is 5.32 Å². The molecule has 0 bridgehead atoms. The fraction of sp³-hybridized carbons (Fsp3) is 0.625. The topological polar surface area (TPSA) is 95.7 Å². The van der Waals surface area contributed by atoms with E-state index in [4.69, 9.17) is 5.11 Å². The molecule has 2 aliphatic carbocycles. The van der Waals surface area contributed by atoms with Gasteiger partial charge in [-0.25, -0.2) is 4.98 Å². The Morgan fingerprint density at radius 1 is 1.46 bits per heavy atom. The minimum absolute atomic E-state index is 0.148. The first-order chi connectivity index (χ1) is 11.6. The predicted molar refractivity (Wildman–Crippen MR) is 87.9 cm³/mol. The lowest BCUT2D eigenvalue weighted by atomic mass is 9.85. The van der Waals surface area contributed by atoms with Crippen molar-refractivity contribution in [3.05, 3.63) is 18.1 Å². The zero-order chi connectivity index (χ0) is 16.7. The maximum Gasteiger partial charge on any atom is 0.317 e. The van der Waals surface area contributed by atoms with Crippen LogP contribution >= 0.6 is 0 Å². The lowest BCUT2D eigenvalue weighted by molar-refractivity contribution is -0.139. The molecule has 0 aliphatic heterocycles. The van der Waals surface area contributed by atoms with Crippen LogP contribution in [0.25, 0.3) is 5.78 Å². The van der Waals surface area contributed by atoms with E-state index in [-0.39, 0.29) is 6.54 Å². The van der Waals surface area contributed by atoms with Crippen LogP contribution in [0.1, 0.15) is 31.4 Å². The molecule has 2 aromatic rings. The van der Waals surface area contributed by atoms with Crippen molar-refractivity contribution in [2.75, 3.05) is 18.4 Å². The van der Waals surface area contributed by atoms with Crippen LogP contribution in [0.15, 0.2) is 12.4 Å². The molecule has 0 unspecified atom stereocenters. The molecule has 2 saturated carbocycles. The third kappa shape index (κ3) is 3.19. The Balaban J connectivity index is 1.39. The van der Waals surface area contributed by atoms with Crippen molar-refractivity contribution in [3.8, 4) is 0 Å². The first-order valence-electron chi connectivity index (χ1n) is 8.48. The molecule has 8 heteroatoms. The Bertz CT molecular complexity index is 750. The number of aliphatic carboxylic acids is 1. The second-order valence-electron chi connectivity index (χ2n) is 6.99. The molecule has 2 aliphatic rings. The number of anilines is 1. The summed E-state index contributed by atoms with van der Waals surface area (Å²) in [5, 5.41) is 16.8. The summed E-state index contributed by atoms with van der Waals surface area (Å²) < 4.78 is 1.71. The zero-order valence-corrected chi connectivity index (χ0v) is 13.7. The van der Waals surface area contributed by atoms with Gasteiger partial charge in [0.05, 0.1) is 6.54 Å². The smallest absolute Gasteiger partial charge is 0.317 e. The van der Waals surface area contributed by atoms with E-state index in [9.17, 15) is 4.79 Å². The molecular formula is C16H22N6O2. The van der Waals surface area contributed by atoms with Gasteiger partial charge in [0.2, 0.25) is 0 Å². The van der Waals surface area contributed by atoms with Gasteiger partial charge < -0.3 is 10.4 Å². The van der Waals surface area contributed by atoms with Crippen molar-refractivity contribution >= 4 is 17.6 Å². The summed E-state index contributed by atoms with van der Waals surface area (Å²) in [6, 6.07) is 2.65. The van der Waals surface area contributed by atoms with Crippen LogP contribution in [-0.2, 0) is 4.79 Å². The number of carboxylic acid groups (broad SMARTS) is 1. The number of nitrogens with zero attached hydrogens (tertiary/aromatic N) is 5. The molecule has 0 aromatic carbocycles. The first-order valence-corrected chi connectivity index (χ1v) is 8.48. The van der Waals surface area contributed by atoms with Gasteiger partial charge in [0.1, 0.15) is 12.1 Å². The van der Waals surface area contributed by atoms with Crippen LogP contribution in [-0.4, -0.2) is 60.7 Å². The molecule has 0 atom stereocenters. The molecule has 0 amide bonds. The van der Waals surface area contributed by atoms with Crippen LogP contribution in [0.2, 0.25) is 0 Å². The van der Waals surface area contributed by atoms with Crippen molar-refractivity contribution in [1.82, 2.24) is 24.5 Å². The van der Waals surface area contributed by atoms with Gasteiger partial charge in [-0.2, -0.15) is 14.6 Å². The molecule has 0 saturated heterocycles. The third-order valence-electron chi connectivity index (χ3n) is 4.89. The second-order valence-corrected chi connectivity index (χ2v) is 6.99. The standard InChI is InChI=1S/C16H22N6O2/c1-10-4-14(22-16(19-10)17-9-18-22)20-12-5-13(6-12)21(8-15(23)24)7-11-2-3-11/h4,9,11-13,20H,2-3,5-8H2,1H3,(H,23,24). The summed E-state index contributed by atoms with van der Waals surface area (Å²) >= 11 is 0. The molecule has 128 valence electrons. The van der Waals surface area contributed by atoms with E-state index in [1.807, 2.05) is 13.0 Å². The van der Waals surface area contributed by atoms with Gasteiger partial charge in [0.25, 0.3) is 5.78 Å². The number of aryl methyl sites for hydroxylation is 1. The van der Waals surface area contributed by atoms with Crippen LogP contribution in [0.3, 0.4) is 0 Å². The highest BCUT2D eigenvalue weighted by atomic mass is 16.4. The number of hydrogen-bond donors (Lipinski definition) is 2. The molecule has 0 spiro atoms. The van der Waals surface area contributed by atoms with E-state index in [1.54, 1.807) is 4.52 Å². The average Bonchev–Trinajstić information content (AvgIpc) is 3.15. The van der Waals surface area contributed by atoms with E-state index in [0.717, 1.165) is 30.9 Å². The Morgan fingerprint density at radius 3 is 2.96 bits per heavy atom. The number of aromatic nitrogens is 4. The third-order valence-corrected chi connectivity index (χ3v) is 4.89. The van der Waals surface area contributed by atoms with E-state index in [2.05, 4.69) is 25.3 Å². The molecule has 4 rings (SSSR count). The summed E-state index contributed by atoms with van der Waals surface area (Å²) in [7, 11) is 0. The number of carboxylic acids is 1. The van der Waals surface area contributed by atoms with Gasteiger partial charge >= 0.3 is 5.97 Å². The quantitative estimate of drug-likeness (QED) is 0.787. The van der Waals surface area contributed by atoms with Gasteiger partial charge in [-0.1, -0.05) is 0 Å². The molecule has 8 nitrogen and oxygen atoms in total. The first kappa shape index (κ1) is 15.3. The summed E-state index contributed by atoms with van der Waals surface area (Å²) in [5.74, 6) is 1.45. The minimum Gasteiger partial charge on any atom is -0.480 e. The van der Waals surface area contributed by atoms with E-state index < -0.39 is 5.97 Å². The Kier molecular flexibility index (Phi) is 3.84. The Hall–Kier alpha value is -2.22. The molecule has 2 aromatic heterocycles. The van der Waals surface area contributed by atoms with Gasteiger partial charge in [-0.05, 0) is 38.5 Å². The minimum atomic E-state index is -0.735. The molecule has 2 fully saturated rings. The van der Waals surface area contributed by atoms with Gasteiger partial charge in [-0.15, -0.1) is 0 Å². The van der Waals surface area contributed by atoms with Crippen LogP contribution in [0.5, 0.6) is 0 Å². The normalized spacial score (nSPS) is 23.4. The van der Waals surface area contributed by atoms with Crippen molar-refractivity contribution in [2.45, 2.75) is 44.7 Å². The molecule has 2 N–H and O–H groups in total. The zero-order valence-electron chi connectivity index (χ0n) is 13.7. The van der Waals surface area contributed by atoms with Gasteiger partial charge in [-0.3, -0.25) is 9.69 Å². The number of fused-ring (bicyclic) bond motifs is 1. The molecular weight excluding hydrogens is 308 g/mol. The maximum atomic E-state index is 11.1. The largest absolute Gasteiger partial charge is 0.480 e. The summed E-state index contributed by atoms with van der Waals surface area (Å²) in [6.45, 7) is 3.01. The highest BCUT2D eigenvalue weighted by Gasteiger charge is 2.37.